The normalized spacial score (nSPS) is 49.8. The van der Waals surface area contributed by atoms with Gasteiger partial charge in [0.25, 0.3) is 0 Å². The van der Waals surface area contributed by atoms with Gasteiger partial charge >= 0.3 is 0 Å². The van der Waals surface area contributed by atoms with E-state index < -0.39 is 0 Å². The Hall–Kier alpha value is -0.520. The highest BCUT2D eigenvalue weighted by atomic mass is 14.7. The summed E-state index contributed by atoms with van der Waals surface area (Å²) in [5, 5.41) is 0. The molecule has 0 heteroatoms. The molecule has 0 heterocycles. The Morgan fingerprint density at radius 2 is 1.53 bits per heavy atom. The maximum absolute atomic E-state index is 2.83. The molecule has 3 fully saturated rings. The van der Waals surface area contributed by atoms with Gasteiger partial charge in [-0.2, -0.15) is 0 Å². The van der Waals surface area contributed by atoms with Crippen molar-refractivity contribution in [3.8, 4) is 0 Å². The first-order valence-corrected chi connectivity index (χ1v) is 13.3. The molecule has 0 aromatic carbocycles. The van der Waals surface area contributed by atoms with Crippen LogP contribution in [0.15, 0.2) is 22.8 Å². The average Bonchev–Trinajstić information content (AvgIpc) is 3.01. The van der Waals surface area contributed by atoms with Crippen LogP contribution in [0.5, 0.6) is 0 Å². The molecule has 5 aliphatic carbocycles. The van der Waals surface area contributed by atoms with Gasteiger partial charge in [-0.1, -0.05) is 78.2 Å². The summed E-state index contributed by atoms with van der Waals surface area (Å²) in [5.41, 5.74) is 8.10. The first-order chi connectivity index (χ1) is 13.9. The van der Waals surface area contributed by atoms with Gasteiger partial charge in [0, 0.05) is 0 Å². The van der Waals surface area contributed by atoms with Gasteiger partial charge in [-0.15, -0.1) is 0 Å². The second-order valence-corrected chi connectivity index (χ2v) is 14.3. The lowest BCUT2D eigenvalue weighted by molar-refractivity contribution is -0.106. The maximum atomic E-state index is 2.83. The van der Waals surface area contributed by atoms with Crippen molar-refractivity contribution in [2.45, 2.75) is 120 Å². The molecule has 6 atom stereocenters. The van der Waals surface area contributed by atoms with Crippen LogP contribution in [0, 0.1) is 44.8 Å². The minimum absolute atomic E-state index is 0.419. The molecule has 30 heavy (non-hydrogen) atoms. The molecule has 168 valence electrons. The minimum Gasteiger partial charge on any atom is -0.0841 e. The Kier molecular flexibility index (Phi) is 4.47. The lowest BCUT2D eigenvalue weighted by Crippen LogP contribution is -2.59. The predicted octanol–water partition coefficient (Wildman–Crippen LogP) is 9.12. The van der Waals surface area contributed by atoms with E-state index in [1.165, 1.54) is 64.2 Å². The Morgan fingerprint density at radius 1 is 0.833 bits per heavy atom. The van der Waals surface area contributed by atoms with E-state index in [4.69, 9.17) is 0 Å². The van der Waals surface area contributed by atoms with Crippen molar-refractivity contribution in [2.24, 2.45) is 44.8 Å². The van der Waals surface area contributed by atoms with Crippen molar-refractivity contribution in [1.29, 1.82) is 0 Å². The van der Waals surface area contributed by atoms with E-state index >= 15 is 0 Å². The number of rotatable bonds is 1. The van der Waals surface area contributed by atoms with Gasteiger partial charge in [0.15, 0.2) is 0 Å². The summed E-state index contributed by atoms with van der Waals surface area (Å²) < 4.78 is 0. The van der Waals surface area contributed by atoms with Crippen molar-refractivity contribution >= 4 is 0 Å². The molecular formula is C30H48. The van der Waals surface area contributed by atoms with E-state index in [2.05, 4.69) is 61.5 Å². The monoisotopic (exact) mass is 408 g/mol. The van der Waals surface area contributed by atoms with Gasteiger partial charge in [-0.05, 0) is 109 Å². The molecule has 0 radical (unpaired) electrons. The minimum atomic E-state index is 0.419. The largest absolute Gasteiger partial charge is 0.0841 e. The molecule has 0 bridgehead atoms. The summed E-state index contributed by atoms with van der Waals surface area (Å²) >= 11 is 0. The molecule has 6 unspecified atom stereocenters. The summed E-state index contributed by atoms with van der Waals surface area (Å²) in [5.74, 6) is 2.42. The van der Waals surface area contributed by atoms with Crippen LogP contribution in [0.1, 0.15) is 120 Å². The molecule has 0 spiro atoms. The number of fused-ring (bicyclic) bond motifs is 7. The lowest BCUT2D eigenvalue weighted by atomic mass is 9.36. The molecule has 0 amide bonds. The molecule has 0 saturated heterocycles. The van der Waals surface area contributed by atoms with Crippen molar-refractivity contribution < 1.29 is 0 Å². The summed E-state index contributed by atoms with van der Waals surface area (Å²) in [6.07, 6.45) is 17.0. The fraction of sp³-hybridized carbons (Fsp3) is 0.867. The van der Waals surface area contributed by atoms with Gasteiger partial charge in [0.2, 0.25) is 0 Å². The van der Waals surface area contributed by atoms with Crippen LogP contribution in [0.25, 0.3) is 0 Å². The SMILES string of the molecule is CC(C)C1=C2CCC3(C)C(CC=C4C5CC(C)(C)CCC5(C)CCC43C)C2(C)CC1. The van der Waals surface area contributed by atoms with E-state index in [1.54, 1.807) is 0 Å². The average molecular weight is 409 g/mol. The van der Waals surface area contributed by atoms with Gasteiger partial charge in [-0.25, -0.2) is 0 Å². The Morgan fingerprint density at radius 3 is 2.23 bits per heavy atom. The highest BCUT2D eigenvalue weighted by molar-refractivity contribution is 5.39. The highest BCUT2D eigenvalue weighted by Crippen LogP contribution is 2.74. The molecule has 0 aromatic heterocycles. The van der Waals surface area contributed by atoms with Crippen LogP contribution in [-0.4, -0.2) is 0 Å². The third-order valence-corrected chi connectivity index (χ3v) is 12.1. The molecule has 5 aliphatic rings. The summed E-state index contributed by atoms with van der Waals surface area (Å²) in [7, 11) is 0. The van der Waals surface area contributed by atoms with Crippen LogP contribution in [0.3, 0.4) is 0 Å². The van der Waals surface area contributed by atoms with Crippen LogP contribution in [0.4, 0.5) is 0 Å². The van der Waals surface area contributed by atoms with Crippen LogP contribution < -0.4 is 0 Å². The smallest absolute Gasteiger partial charge is 0.00563 e. The van der Waals surface area contributed by atoms with Gasteiger partial charge < -0.3 is 0 Å². The molecule has 0 aromatic rings. The van der Waals surface area contributed by atoms with E-state index in [-0.39, 0.29) is 0 Å². The van der Waals surface area contributed by atoms with Crippen LogP contribution in [0.2, 0.25) is 0 Å². The lowest BCUT2D eigenvalue weighted by Gasteiger charge is -2.68. The number of hydrogen-bond donors (Lipinski definition) is 0. The Balaban J connectivity index is 1.59. The van der Waals surface area contributed by atoms with Crippen molar-refractivity contribution in [2.75, 3.05) is 0 Å². The zero-order chi connectivity index (χ0) is 21.7. The summed E-state index contributed by atoms with van der Waals surface area (Å²) in [4.78, 5) is 0. The second kappa shape index (κ2) is 6.29. The first kappa shape index (κ1) is 21.3. The highest BCUT2D eigenvalue weighted by Gasteiger charge is 2.65. The zero-order valence-electron chi connectivity index (χ0n) is 21.4. The fourth-order valence-electron chi connectivity index (χ4n) is 9.75. The quantitative estimate of drug-likeness (QED) is 0.379. The molecule has 5 rings (SSSR count). The number of allylic oxidation sites excluding steroid dienone is 4. The summed E-state index contributed by atoms with van der Waals surface area (Å²) in [6, 6.07) is 0. The molecule has 0 aliphatic heterocycles. The van der Waals surface area contributed by atoms with E-state index in [1.807, 2.05) is 16.7 Å². The van der Waals surface area contributed by atoms with Crippen molar-refractivity contribution in [3.05, 3.63) is 22.8 Å². The van der Waals surface area contributed by atoms with Crippen LogP contribution in [-0.2, 0) is 0 Å². The van der Waals surface area contributed by atoms with Crippen LogP contribution >= 0.6 is 0 Å². The fourth-order valence-corrected chi connectivity index (χ4v) is 9.75. The topological polar surface area (TPSA) is 0 Å². The first-order valence-electron chi connectivity index (χ1n) is 13.3. The number of hydrogen-bond acceptors (Lipinski definition) is 0. The zero-order valence-corrected chi connectivity index (χ0v) is 21.4. The Bertz CT molecular complexity index is 808. The summed E-state index contributed by atoms with van der Waals surface area (Å²) in [6.45, 7) is 20.8. The second-order valence-electron chi connectivity index (χ2n) is 14.3. The predicted molar refractivity (Wildman–Crippen MR) is 129 cm³/mol. The van der Waals surface area contributed by atoms with Gasteiger partial charge in [-0.3, -0.25) is 0 Å². The maximum Gasteiger partial charge on any atom is -0.00563 e. The van der Waals surface area contributed by atoms with Gasteiger partial charge in [0.1, 0.15) is 0 Å². The molecule has 0 nitrogen and oxygen atoms in total. The molecule has 3 saturated carbocycles. The molecule has 0 N–H and O–H groups in total. The standard InChI is InChI=1S/C30H48/c1-20(2)21-11-13-28(6)22(21)12-14-30(8)25(28)10-9-23-24-19-26(3,4)15-16-27(24,5)17-18-29(23,30)7/h9,20,24-25H,10-19H2,1-8H3. The molecular weight excluding hydrogens is 360 g/mol. The Labute approximate surface area is 187 Å². The van der Waals surface area contributed by atoms with Crippen molar-refractivity contribution in [1.82, 2.24) is 0 Å². The van der Waals surface area contributed by atoms with E-state index in [0.717, 1.165) is 17.8 Å². The third-order valence-electron chi connectivity index (χ3n) is 12.1. The van der Waals surface area contributed by atoms with E-state index in [9.17, 15) is 0 Å². The van der Waals surface area contributed by atoms with Gasteiger partial charge in [0.05, 0.1) is 0 Å². The van der Waals surface area contributed by atoms with Crippen molar-refractivity contribution in [3.63, 3.8) is 0 Å². The van der Waals surface area contributed by atoms with E-state index in [0.29, 0.717) is 27.1 Å². The third kappa shape index (κ3) is 2.58.